The molecule has 148 valence electrons. The van der Waals surface area contributed by atoms with Crippen LogP contribution >= 0.6 is 0 Å². The summed E-state index contributed by atoms with van der Waals surface area (Å²) in [6, 6.07) is 12.9. The minimum atomic E-state index is -0.884. The van der Waals surface area contributed by atoms with Crippen molar-refractivity contribution < 1.29 is 9.90 Å². The number of pyridine rings is 1. The minimum Gasteiger partial charge on any atom is -0.385 e. The zero-order chi connectivity index (χ0) is 19.9. The topological polar surface area (TPSA) is 73.4 Å². The summed E-state index contributed by atoms with van der Waals surface area (Å²) in [4.78, 5) is 29.7. The molecule has 2 heterocycles. The van der Waals surface area contributed by atoms with Gasteiger partial charge < -0.3 is 15.0 Å². The van der Waals surface area contributed by atoms with Gasteiger partial charge in [0.15, 0.2) is 0 Å². The first-order chi connectivity index (χ1) is 13.4. The van der Waals surface area contributed by atoms with Crippen LogP contribution < -0.4 is 5.56 Å². The van der Waals surface area contributed by atoms with E-state index >= 15 is 0 Å². The molecule has 5 nitrogen and oxygen atoms in total. The number of likely N-dealkylation sites (tertiary alicyclic amines) is 1. The number of benzene rings is 1. The Balaban J connectivity index is 1.63. The molecule has 5 heteroatoms. The number of nitrogens with zero attached hydrogens (tertiary/aromatic N) is 1. The van der Waals surface area contributed by atoms with E-state index in [1.807, 2.05) is 49.1 Å². The summed E-state index contributed by atoms with van der Waals surface area (Å²) >= 11 is 0. The van der Waals surface area contributed by atoms with Gasteiger partial charge in [0.2, 0.25) is 5.56 Å². The predicted molar refractivity (Wildman–Crippen MR) is 108 cm³/mol. The largest absolute Gasteiger partial charge is 0.385 e. The molecule has 3 atom stereocenters. The van der Waals surface area contributed by atoms with E-state index in [9.17, 15) is 14.7 Å². The average Bonchev–Trinajstić information content (AvgIpc) is 3.14. The monoisotopic (exact) mass is 380 g/mol. The van der Waals surface area contributed by atoms with E-state index in [1.165, 1.54) is 6.07 Å². The zero-order valence-electron chi connectivity index (χ0n) is 16.5. The van der Waals surface area contributed by atoms with Crippen molar-refractivity contribution in [3.05, 3.63) is 69.6 Å². The van der Waals surface area contributed by atoms with Gasteiger partial charge in [-0.3, -0.25) is 9.59 Å². The number of hydrogen-bond acceptors (Lipinski definition) is 3. The standard InChI is InChI=1S/C23H28N2O3/c1-15(2)21-18(10-11-20(26)24-21)22(27)25-13-16-7-6-12-23(28,19(16)14-25)17-8-4-3-5-9-17/h3-5,8-11,15-16,19,28H,6-7,12-14H2,1-2H3,(H,24,26)/t16-,19+,23+/m0/s1. The van der Waals surface area contributed by atoms with Gasteiger partial charge in [-0.05, 0) is 42.7 Å². The Hall–Kier alpha value is -2.40. The molecule has 0 bridgehead atoms. The van der Waals surface area contributed by atoms with E-state index in [0.29, 0.717) is 30.3 Å². The summed E-state index contributed by atoms with van der Waals surface area (Å²) in [6.07, 6.45) is 2.73. The molecule has 2 aliphatic rings. The van der Waals surface area contributed by atoms with Crippen LogP contribution in [0.15, 0.2) is 47.3 Å². The van der Waals surface area contributed by atoms with Gasteiger partial charge in [-0.15, -0.1) is 0 Å². The first-order valence-electron chi connectivity index (χ1n) is 10.2. The van der Waals surface area contributed by atoms with Crippen molar-refractivity contribution in [1.82, 2.24) is 9.88 Å². The van der Waals surface area contributed by atoms with Crippen LogP contribution in [0, 0.1) is 11.8 Å². The number of H-pyrrole nitrogens is 1. The number of aliphatic hydroxyl groups is 1. The molecular formula is C23H28N2O3. The van der Waals surface area contributed by atoms with Crippen molar-refractivity contribution >= 4 is 5.91 Å². The van der Waals surface area contributed by atoms with Crippen molar-refractivity contribution in [3.8, 4) is 0 Å². The highest BCUT2D eigenvalue weighted by molar-refractivity contribution is 5.95. The van der Waals surface area contributed by atoms with Crippen molar-refractivity contribution in [2.75, 3.05) is 13.1 Å². The highest BCUT2D eigenvalue weighted by Gasteiger charge is 2.50. The maximum Gasteiger partial charge on any atom is 0.255 e. The molecule has 1 amide bonds. The van der Waals surface area contributed by atoms with Gasteiger partial charge in [0, 0.05) is 30.8 Å². The van der Waals surface area contributed by atoms with Crippen LogP contribution in [0.4, 0.5) is 0 Å². The molecule has 1 saturated heterocycles. The number of rotatable bonds is 3. The summed E-state index contributed by atoms with van der Waals surface area (Å²) in [5.41, 5.74) is 1.13. The SMILES string of the molecule is CC(C)c1[nH]c(=O)ccc1C(=O)N1C[C@@H]2CCC[C@@](O)(c3ccccc3)[C@@H]2C1. The number of aromatic nitrogens is 1. The van der Waals surface area contributed by atoms with Crippen molar-refractivity contribution in [2.45, 2.75) is 44.6 Å². The molecule has 28 heavy (non-hydrogen) atoms. The van der Waals surface area contributed by atoms with Crippen LogP contribution in [0.2, 0.25) is 0 Å². The molecule has 1 saturated carbocycles. The van der Waals surface area contributed by atoms with Crippen LogP contribution in [-0.2, 0) is 5.60 Å². The number of hydrogen-bond donors (Lipinski definition) is 2. The quantitative estimate of drug-likeness (QED) is 0.858. The van der Waals surface area contributed by atoms with E-state index in [0.717, 1.165) is 24.8 Å². The Morgan fingerprint density at radius 3 is 2.64 bits per heavy atom. The number of carbonyl (C=O) groups is 1. The molecule has 1 aromatic heterocycles. The van der Waals surface area contributed by atoms with Gasteiger partial charge in [-0.2, -0.15) is 0 Å². The fraction of sp³-hybridized carbons (Fsp3) is 0.478. The van der Waals surface area contributed by atoms with E-state index in [1.54, 1.807) is 6.07 Å². The normalized spacial score (nSPS) is 27.1. The molecule has 0 unspecified atom stereocenters. The minimum absolute atomic E-state index is 0.0397. The lowest BCUT2D eigenvalue weighted by molar-refractivity contribution is -0.0644. The van der Waals surface area contributed by atoms with Gasteiger partial charge in [-0.25, -0.2) is 0 Å². The molecule has 1 aromatic carbocycles. The van der Waals surface area contributed by atoms with Crippen LogP contribution in [0.1, 0.15) is 60.6 Å². The van der Waals surface area contributed by atoms with Gasteiger partial charge in [0.25, 0.3) is 5.91 Å². The highest BCUT2D eigenvalue weighted by Crippen LogP contribution is 2.48. The molecule has 2 aromatic rings. The van der Waals surface area contributed by atoms with Gasteiger partial charge >= 0.3 is 0 Å². The summed E-state index contributed by atoms with van der Waals surface area (Å²) in [5, 5.41) is 11.6. The fourth-order valence-electron chi connectivity index (χ4n) is 5.08. The summed E-state index contributed by atoms with van der Waals surface area (Å²) < 4.78 is 0. The lowest BCUT2D eigenvalue weighted by Crippen LogP contribution is -2.43. The van der Waals surface area contributed by atoms with Crippen LogP contribution in [0.5, 0.6) is 0 Å². The molecule has 2 N–H and O–H groups in total. The molecule has 0 radical (unpaired) electrons. The summed E-state index contributed by atoms with van der Waals surface area (Å²) in [6.45, 7) is 5.15. The number of aromatic amines is 1. The molecule has 4 rings (SSSR count). The van der Waals surface area contributed by atoms with E-state index in [4.69, 9.17) is 0 Å². The Kier molecular flexibility index (Phi) is 4.88. The predicted octanol–water partition coefficient (Wildman–Crippen LogP) is 3.26. The third kappa shape index (κ3) is 3.18. The first-order valence-corrected chi connectivity index (χ1v) is 10.2. The zero-order valence-corrected chi connectivity index (χ0v) is 16.5. The van der Waals surface area contributed by atoms with E-state index < -0.39 is 5.60 Å². The highest BCUT2D eigenvalue weighted by atomic mass is 16.3. The lowest BCUT2D eigenvalue weighted by atomic mass is 9.67. The smallest absolute Gasteiger partial charge is 0.255 e. The number of fused-ring (bicyclic) bond motifs is 1. The first kappa shape index (κ1) is 18.9. The van der Waals surface area contributed by atoms with Crippen LogP contribution in [0.3, 0.4) is 0 Å². The lowest BCUT2D eigenvalue weighted by Gasteiger charge is -2.41. The van der Waals surface area contributed by atoms with Crippen molar-refractivity contribution in [2.24, 2.45) is 11.8 Å². The van der Waals surface area contributed by atoms with Crippen molar-refractivity contribution in [1.29, 1.82) is 0 Å². The summed E-state index contributed by atoms with van der Waals surface area (Å²) in [5.74, 6) is 0.342. The second-order valence-corrected chi connectivity index (χ2v) is 8.56. The van der Waals surface area contributed by atoms with Crippen LogP contribution in [-0.4, -0.2) is 34.0 Å². The Bertz CT molecular complexity index is 921. The van der Waals surface area contributed by atoms with Gasteiger partial charge in [0.1, 0.15) is 0 Å². The number of nitrogens with one attached hydrogen (secondary N) is 1. The van der Waals surface area contributed by atoms with Gasteiger partial charge in [-0.1, -0.05) is 44.2 Å². The van der Waals surface area contributed by atoms with Crippen molar-refractivity contribution in [3.63, 3.8) is 0 Å². The molecule has 1 aliphatic heterocycles. The maximum atomic E-state index is 13.3. The fourth-order valence-corrected chi connectivity index (χ4v) is 5.08. The summed E-state index contributed by atoms with van der Waals surface area (Å²) in [7, 11) is 0. The van der Waals surface area contributed by atoms with E-state index in [2.05, 4.69) is 4.98 Å². The average molecular weight is 380 g/mol. The van der Waals surface area contributed by atoms with E-state index in [-0.39, 0.29) is 23.3 Å². The number of carbonyl (C=O) groups excluding carboxylic acids is 1. The Labute approximate surface area is 165 Å². The third-order valence-electron chi connectivity index (χ3n) is 6.51. The Morgan fingerprint density at radius 1 is 1.18 bits per heavy atom. The number of amides is 1. The second-order valence-electron chi connectivity index (χ2n) is 8.56. The molecule has 2 fully saturated rings. The third-order valence-corrected chi connectivity index (χ3v) is 6.51. The maximum absolute atomic E-state index is 13.3. The second kappa shape index (κ2) is 7.21. The molecular weight excluding hydrogens is 352 g/mol. The van der Waals surface area contributed by atoms with Crippen LogP contribution in [0.25, 0.3) is 0 Å². The molecule has 1 aliphatic carbocycles. The van der Waals surface area contributed by atoms with Gasteiger partial charge in [0.05, 0.1) is 11.2 Å². The molecule has 0 spiro atoms. The Morgan fingerprint density at radius 2 is 1.93 bits per heavy atom.